The Labute approximate surface area is 182 Å². The van der Waals surface area contributed by atoms with Crippen LogP contribution in [0.2, 0.25) is 0 Å². The summed E-state index contributed by atoms with van der Waals surface area (Å²) in [5, 5.41) is 9.70. The highest BCUT2D eigenvalue weighted by molar-refractivity contribution is 7.89. The fraction of sp³-hybridized carbons (Fsp3) is 0.652. The molecule has 0 bridgehead atoms. The van der Waals surface area contributed by atoms with Crippen molar-refractivity contribution in [3.63, 3.8) is 0 Å². The number of hydrogen-bond donors (Lipinski definition) is 1. The number of aliphatic hydroxyl groups is 1. The molecule has 1 heterocycles. The Hall–Kier alpha value is -1.59. The van der Waals surface area contributed by atoms with Gasteiger partial charge in [-0.05, 0) is 45.1 Å². The molecule has 1 aromatic carbocycles. The summed E-state index contributed by atoms with van der Waals surface area (Å²) in [6.45, 7) is 11.6. The van der Waals surface area contributed by atoms with Crippen LogP contribution in [0, 0.1) is 23.7 Å². The van der Waals surface area contributed by atoms with E-state index in [0.717, 1.165) is 18.5 Å². The van der Waals surface area contributed by atoms with Gasteiger partial charge in [-0.2, -0.15) is 4.31 Å². The summed E-state index contributed by atoms with van der Waals surface area (Å²) in [7, 11) is -1.76. The average Bonchev–Trinajstić information content (AvgIpc) is 2.68. The van der Waals surface area contributed by atoms with Gasteiger partial charge >= 0.3 is 0 Å². The van der Waals surface area contributed by atoms with Gasteiger partial charge < -0.3 is 14.7 Å². The van der Waals surface area contributed by atoms with Crippen molar-refractivity contribution in [2.24, 2.45) is 11.8 Å². The quantitative estimate of drug-likeness (QED) is 0.695. The number of ether oxygens (including phenoxy) is 1. The van der Waals surface area contributed by atoms with Crippen LogP contribution < -0.4 is 4.74 Å². The highest BCUT2D eigenvalue weighted by Gasteiger charge is 2.38. The van der Waals surface area contributed by atoms with Crippen molar-refractivity contribution in [1.29, 1.82) is 0 Å². The number of hydrogen-bond acceptors (Lipinski definition) is 5. The highest BCUT2D eigenvalue weighted by atomic mass is 32.2. The van der Waals surface area contributed by atoms with E-state index in [0.29, 0.717) is 18.8 Å². The first kappa shape index (κ1) is 24.7. The van der Waals surface area contributed by atoms with Crippen LogP contribution in [-0.2, 0) is 10.0 Å². The molecule has 0 spiro atoms. The second-order valence-electron chi connectivity index (χ2n) is 8.59. The summed E-state index contributed by atoms with van der Waals surface area (Å²) in [5.74, 6) is 6.72. The molecule has 0 aliphatic carbocycles. The zero-order valence-electron chi connectivity index (χ0n) is 19.1. The molecular formula is C23H36N2O4S. The number of likely N-dealkylation sites (N-methyl/N-ethyl adjacent to an activating group) is 1. The third kappa shape index (κ3) is 5.98. The van der Waals surface area contributed by atoms with Gasteiger partial charge in [0.1, 0.15) is 16.7 Å². The first-order chi connectivity index (χ1) is 14.1. The van der Waals surface area contributed by atoms with E-state index in [4.69, 9.17) is 4.74 Å². The van der Waals surface area contributed by atoms with Gasteiger partial charge in [0.15, 0.2) is 0 Å². The van der Waals surface area contributed by atoms with E-state index in [9.17, 15) is 13.5 Å². The van der Waals surface area contributed by atoms with Crippen molar-refractivity contribution in [3.05, 3.63) is 23.8 Å². The lowest BCUT2D eigenvalue weighted by atomic mass is 10.0. The van der Waals surface area contributed by atoms with Gasteiger partial charge in [-0.15, -0.1) is 0 Å². The molecule has 0 fully saturated rings. The van der Waals surface area contributed by atoms with Crippen molar-refractivity contribution in [2.75, 3.05) is 33.3 Å². The van der Waals surface area contributed by atoms with Gasteiger partial charge in [-0.3, -0.25) is 0 Å². The Morgan fingerprint density at radius 1 is 1.33 bits per heavy atom. The van der Waals surface area contributed by atoms with Gasteiger partial charge in [0.25, 0.3) is 0 Å². The minimum absolute atomic E-state index is 0.0494. The van der Waals surface area contributed by atoms with Gasteiger partial charge in [0, 0.05) is 36.5 Å². The fourth-order valence-corrected chi connectivity index (χ4v) is 5.35. The molecule has 1 aromatic rings. The SMILES string of the molecule is CCCN(C)C[C@@H]1Oc2cc(C#CC(C)C)ccc2S(=O)(=O)N([C@@H](C)CO)C[C@H]1C. The van der Waals surface area contributed by atoms with E-state index in [2.05, 4.69) is 30.7 Å². The predicted octanol–water partition coefficient (Wildman–Crippen LogP) is 2.80. The molecule has 3 atom stereocenters. The minimum Gasteiger partial charge on any atom is -0.487 e. The van der Waals surface area contributed by atoms with Crippen molar-refractivity contribution in [2.45, 2.75) is 58.1 Å². The monoisotopic (exact) mass is 436 g/mol. The Morgan fingerprint density at radius 3 is 2.63 bits per heavy atom. The molecule has 0 saturated carbocycles. The number of aliphatic hydroxyl groups excluding tert-OH is 1. The maximum absolute atomic E-state index is 13.4. The van der Waals surface area contributed by atoms with E-state index in [1.54, 1.807) is 25.1 Å². The molecule has 1 aliphatic heterocycles. The molecule has 0 saturated heterocycles. The Morgan fingerprint density at radius 2 is 2.03 bits per heavy atom. The van der Waals surface area contributed by atoms with Gasteiger partial charge in [0.05, 0.1) is 6.61 Å². The molecule has 1 N–H and O–H groups in total. The maximum atomic E-state index is 13.4. The van der Waals surface area contributed by atoms with E-state index in [1.807, 2.05) is 20.8 Å². The topological polar surface area (TPSA) is 70.1 Å². The first-order valence-electron chi connectivity index (χ1n) is 10.7. The third-order valence-electron chi connectivity index (χ3n) is 5.27. The van der Waals surface area contributed by atoms with Crippen molar-refractivity contribution >= 4 is 10.0 Å². The summed E-state index contributed by atoms with van der Waals surface area (Å²) in [6.07, 6.45) is 0.850. The maximum Gasteiger partial charge on any atom is 0.247 e. The standard InChI is InChI=1S/C23H36N2O4S/c1-7-12-24(6)15-22-18(4)14-25(19(5)16-26)30(27,28)23-11-10-20(9-8-17(2)3)13-21(23)29-22/h10-11,13,17-19,22,26H,7,12,14-16H2,1-6H3/t18-,19+,22+/m1/s1. The number of nitrogens with zero attached hydrogens (tertiary/aromatic N) is 2. The Bertz CT molecular complexity index is 873. The van der Waals surface area contributed by atoms with Crippen LogP contribution >= 0.6 is 0 Å². The smallest absolute Gasteiger partial charge is 0.247 e. The fourth-order valence-electron chi connectivity index (χ4n) is 3.53. The van der Waals surface area contributed by atoms with E-state index in [-0.39, 0.29) is 29.4 Å². The molecule has 0 unspecified atom stereocenters. The van der Waals surface area contributed by atoms with Crippen LogP contribution in [0.1, 0.15) is 46.6 Å². The molecular weight excluding hydrogens is 400 g/mol. The number of benzene rings is 1. The lowest BCUT2D eigenvalue weighted by Gasteiger charge is -2.37. The summed E-state index contributed by atoms with van der Waals surface area (Å²) in [5.41, 5.74) is 0.730. The Kier molecular flexibility index (Phi) is 8.74. The zero-order chi connectivity index (χ0) is 22.5. The van der Waals surface area contributed by atoms with E-state index >= 15 is 0 Å². The summed E-state index contributed by atoms with van der Waals surface area (Å²) in [6, 6.07) is 4.52. The molecule has 2 rings (SSSR count). The molecule has 6 nitrogen and oxygen atoms in total. The molecule has 0 radical (unpaired) electrons. The zero-order valence-corrected chi connectivity index (χ0v) is 19.9. The lowest BCUT2D eigenvalue weighted by molar-refractivity contribution is 0.0752. The van der Waals surface area contributed by atoms with Crippen LogP contribution in [0.5, 0.6) is 5.75 Å². The van der Waals surface area contributed by atoms with Crippen LogP contribution in [-0.4, -0.2) is 68.2 Å². The number of rotatable bonds is 6. The molecule has 7 heteroatoms. The summed E-state index contributed by atoms with van der Waals surface area (Å²) >= 11 is 0. The van der Waals surface area contributed by atoms with Crippen LogP contribution in [0.15, 0.2) is 23.1 Å². The van der Waals surface area contributed by atoms with E-state index in [1.165, 1.54) is 4.31 Å². The van der Waals surface area contributed by atoms with Crippen LogP contribution in [0.3, 0.4) is 0 Å². The lowest BCUT2D eigenvalue weighted by Crippen LogP contribution is -2.49. The van der Waals surface area contributed by atoms with Crippen LogP contribution in [0.25, 0.3) is 0 Å². The minimum atomic E-state index is -3.81. The first-order valence-corrected chi connectivity index (χ1v) is 12.2. The number of fused-ring (bicyclic) bond motifs is 1. The van der Waals surface area contributed by atoms with Gasteiger partial charge in [-0.25, -0.2) is 8.42 Å². The molecule has 0 amide bonds. The summed E-state index contributed by atoms with van der Waals surface area (Å²) < 4.78 is 34.6. The normalized spacial score (nSPS) is 22.4. The largest absolute Gasteiger partial charge is 0.487 e. The van der Waals surface area contributed by atoms with Crippen molar-refractivity contribution in [1.82, 2.24) is 9.21 Å². The average molecular weight is 437 g/mol. The predicted molar refractivity (Wildman–Crippen MR) is 120 cm³/mol. The van der Waals surface area contributed by atoms with Crippen LogP contribution in [0.4, 0.5) is 0 Å². The van der Waals surface area contributed by atoms with Crippen molar-refractivity contribution in [3.8, 4) is 17.6 Å². The molecule has 1 aliphatic rings. The Balaban J connectivity index is 2.56. The van der Waals surface area contributed by atoms with Gasteiger partial charge in [-0.1, -0.05) is 39.5 Å². The molecule has 0 aromatic heterocycles. The second kappa shape index (κ2) is 10.6. The second-order valence-corrected chi connectivity index (χ2v) is 10.4. The highest BCUT2D eigenvalue weighted by Crippen LogP contribution is 2.34. The third-order valence-corrected chi connectivity index (χ3v) is 7.29. The van der Waals surface area contributed by atoms with Gasteiger partial charge in [0.2, 0.25) is 10.0 Å². The summed E-state index contributed by atoms with van der Waals surface area (Å²) in [4.78, 5) is 2.34. The van der Waals surface area contributed by atoms with Crippen molar-refractivity contribution < 1.29 is 18.3 Å². The van der Waals surface area contributed by atoms with E-state index < -0.39 is 16.1 Å². The number of sulfonamides is 1. The molecule has 168 valence electrons. The molecule has 30 heavy (non-hydrogen) atoms.